The van der Waals surface area contributed by atoms with Crippen molar-refractivity contribution >= 4 is 21.9 Å². The van der Waals surface area contributed by atoms with E-state index >= 15 is 0 Å². The summed E-state index contributed by atoms with van der Waals surface area (Å²) in [7, 11) is 0. The Kier molecular flexibility index (Phi) is 4.47. The Morgan fingerprint density at radius 2 is 2.00 bits per heavy atom. The third-order valence-electron chi connectivity index (χ3n) is 2.82. The fourth-order valence-electron chi connectivity index (χ4n) is 1.59. The Balaban J connectivity index is 2.10. The number of rotatable bonds is 3. The summed E-state index contributed by atoms with van der Waals surface area (Å²) < 4.78 is 17.0. The molecule has 0 saturated carbocycles. The normalized spacial score (nSPS) is 14.2. The molecule has 1 heterocycles. The Morgan fingerprint density at radius 3 is 2.63 bits per heavy atom. The van der Waals surface area contributed by atoms with E-state index in [0.717, 1.165) is 10.0 Å². The van der Waals surface area contributed by atoms with E-state index in [1.54, 1.807) is 19.9 Å². The van der Waals surface area contributed by atoms with Crippen LogP contribution in [0.3, 0.4) is 0 Å². The van der Waals surface area contributed by atoms with Gasteiger partial charge in [0.15, 0.2) is 11.5 Å². The zero-order valence-corrected chi connectivity index (χ0v) is 12.5. The molecule has 2 rings (SSSR count). The van der Waals surface area contributed by atoms with Crippen LogP contribution in [0, 0.1) is 0 Å². The summed E-state index contributed by atoms with van der Waals surface area (Å²) in [6.07, 6.45) is 1.72. The van der Waals surface area contributed by atoms with Crippen LogP contribution in [-0.2, 0) is 16.1 Å². The minimum absolute atomic E-state index is 0.196. The van der Waals surface area contributed by atoms with Gasteiger partial charge < -0.3 is 14.2 Å². The van der Waals surface area contributed by atoms with Gasteiger partial charge in [-0.3, -0.25) is 0 Å². The number of hydrogen-bond donors (Lipinski definition) is 0. The quantitative estimate of drug-likeness (QED) is 0.632. The maximum Gasteiger partial charge on any atom is 0.333 e. The summed E-state index contributed by atoms with van der Waals surface area (Å²) in [5.41, 5.74) is 1.44. The van der Waals surface area contributed by atoms with Crippen molar-refractivity contribution in [2.24, 2.45) is 0 Å². The average Bonchev–Trinajstić information content (AvgIpc) is 2.43. The maximum atomic E-state index is 11.6. The minimum Gasteiger partial charge on any atom is -0.486 e. The van der Waals surface area contributed by atoms with E-state index < -0.39 is 0 Å². The van der Waals surface area contributed by atoms with Crippen LogP contribution >= 0.6 is 15.9 Å². The van der Waals surface area contributed by atoms with E-state index in [1.807, 2.05) is 12.1 Å². The Hall–Kier alpha value is -1.49. The van der Waals surface area contributed by atoms with Gasteiger partial charge in [0.25, 0.3) is 0 Å². The highest BCUT2D eigenvalue weighted by atomic mass is 79.9. The lowest BCUT2D eigenvalue weighted by molar-refractivity contribution is -0.140. The van der Waals surface area contributed by atoms with Crippen molar-refractivity contribution in [1.29, 1.82) is 0 Å². The first-order chi connectivity index (χ1) is 9.11. The molecule has 0 aromatic heterocycles. The zero-order chi connectivity index (χ0) is 13.8. The second kappa shape index (κ2) is 6.10. The van der Waals surface area contributed by atoms with Gasteiger partial charge in [-0.15, -0.1) is 0 Å². The van der Waals surface area contributed by atoms with E-state index in [2.05, 4.69) is 15.9 Å². The molecule has 1 aliphatic rings. The third-order valence-corrected chi connectivity index (χ3v) is 3.56. The Morgan fingerprint density at radius 1 is 1.37 bits per heavy atom. The molecule has 0 atom stereocenters. The van der Waals surface area contributed by atoms with Crippen molar-refractivity contribution in [3.8, 4) is 11.5 Å². The number of halogens is 1. The number of carbonyl (C=O) groups is 1. The second-order valence-corrected chi connectivity index (χ2v) is 4.99. The van der Waals surface area contributed by atoms with Gasteiger partial charge in [-0.25, -0.2) is 4.79 Å². The van der Waals surface area contributed by atoms with Gasteiger partial charge in [-0.05, 0) is 26.0 Å². The fourth-order valence-corrected chi connectivity index (χ4v) is 2.03. The lowest BCUT2D eigenvalue weighted by Gasteiger charge is -2.19. The lowest BCUT2D eigenvalue weighted by atomic mass is 10.2. The molecule has 1 aromatic carbocycles. The van der Waals surface area contributed by atoms with E-state index in [1.165, 1.54) is 0 Å². The lowest BCUT2D eigenvalue weighted by Crippen LogP contribution is -2.15. The second-order valence-electron chi connectivity index (χ2n) is 4.14. The van der Waals surface area contributed by atoms with Gasteiger partial charge in [0, 0.05) is 15.6 Å². The molecule has 0 bridgehead atoms. The monoisotopic (exact) mass is 326 g/mol. The standard InChI is InChI=1S/C14H15BrO4/c1-3-9(2)14(16)19-8-10-6-12-13(7-11(10)15)18-5-4-17-12/h3,6-7H,4-5,8H2,1-2H3/b9-3+. The van der Waals surface area contributed by atoms with Crippen LogP contribution in [0.25, 0.3) is 0 Å². The minimum atomic E-state index is -0.315. The molecular weight excluding hydrogens is 312 g/mol. The van der Waals surface area contributed by atoms with Crippen LogP contribution in [0.2, 0.25) is 0 Å². The van der Waals surface area contributed by atoms with E-state index in [-0.39, 0.29) is 12.6 Å². The van der Waals surface area contributed by atoms with Crippen molar-refractivity contribution in [3.05, 3.63) is 33.8 Å². The number of fused-ring (bicyclic) bond motifs is 1. The molecule has 5 heteroatoms. The molecule has 0 unspecified atom stereocenters. The summed E-state index contributed by atoms with van der Waals surface area (Å²) in [4.78, 5) is 11.6. The van der Waals surface area contributed by atoms with Crippen LogP contribution < -0.4 is 9.47 Å². The number of hydrogen-bond acceptors (Lipinski definition) is 4. The topological polar surface area (TPSA) is 44.8 Å². The number of benzene rings is 1. The number of carbonyl (C=O) groups excluding carboxylic acids is 1. The summed E-state index contributed by atoms with van der Waals surface area (Å²) >= 11 is 3.44. The Labute approximate surface area is 120 Å². The van der Waals surface area contributed by atoms with Crippen LogP contribution in [0.1, 0.15) is 19.4 Å². The molecule has 0 radical (unpaired) electrons. The predicted molar refractivity (Wildman–Crippen MR) is 74.4 cm³/mol. The highest BCUT2D eigenvalue weighted by Crippen LogP contribution is 2.35. The van der Waals surface area contributed by atoms with Gasteiger partial charge in [-0.2, -0.15) is 0 Å². The average molecular weight is 327 g/mol. The third kappa shape index (κ3) is 3.29. The number of allylic oxidation sites excluding steroid dienone is 1. The molecule has 0 N–H and O–H groups in total. The number of ether oxygens (including phenoxy) is 3. The van der Waals surface area contributed by atoms with Crippen molar-refractivity contribution in [3.63, 3.8) is 0 Å². The molecule has 19 heavy (non-hydrogen) atoms. The molecule has 0 aliphatic carbocycles. The molecule has 0 amide bonds. The molecule has 0 fully saturated rings. The largest absolute Gasteiger partial charge is 0.486 e. The van der Waals surface area contributed by atoms with Gasteiger partial charge in [0.1, 0.15) is 19.8 Å². The van der Waals surface area contributed by atoms with E-state index in [4.69, 9.17) is 14.2 Å². The van der Waals surface area contributed by atoms with Crippen LogP contribution in [-0.4, -0.2) is 19.2 Å². The van der Waals surface area contributed by atoms with Gasteiger partial charge in [-0.1, -0.05) is 22.0 Å². The first-order valence-electron chi connectivity index (χ1n) is 6.00. The van der Waals surface area contributed by atoms with Crippen LogP contribution in [0.4, 0.5) is 0 Å². The maximum absolute atomic E-state index is 11.6. The van der Waals surface area contributed by atoms with Gasteiger partial charge >= 0.3 is 5.97 Å². The summed E-state index contributed by atoms with van der Waals surface area (Å²) in [5, 5.41) is 0. The molecule has 0 saturated heterocycles. The molecule has 4 nitrogen and oxygen atoms in total. The first-order valence-corrected chi connectivity index (χ1v) is 6.79. The molecular formula is C14H15BrO4. The van der Waals surface area contributed by atoms with Crippen LogP contribution in [0.15, 0.2) is 28.3 Å². The van der Waals surface area contributed by atoms with Crippen molar-refractivity contribution in [1.82, 2.24) is 0 Å². The summed E-state index contributed by atoms with van der Waals surface area (Å²) in [6, 6.07) is 3.66. The van der Waals surface area contributed by atoms with Crippen molar-refractivity contribution < 1.29 is 19.0 Å². The summed E-state index contributed by atoms with van der Waals surface area (Å²) in [5.74, 6) is 1.07. The van der Waals surface area contributed by atoms with Gasteiger partial charge in [0.05, 0.1) is 0 Å². The van der Waals surface area contributed by atoms with Crippen molar-refractivity contribution in [2.45, 2.75) is 20.5 Å². The van der Waals surface area contributed by atoms with Crippen molar-refractivity contribution in [2.75, 3.05) is 13.2 Å². The highest BCUT2D eigenvalue weighted by Gasteiger charge is 2.16. The van der Waals surface area contributed by atoms with Gasteiger partial charge in [0.2, 0.25) is 0 Å². The SMILES string of the molecule is C/C=C(\C)C(=O)OCc1cc2c(cc1Br)OCCO2. The Bertz CT molecular complexity index is 522. The molecule has 1 aliphatic heterocycles. The predicted octanol–water partition coefficient (Wildman–Crippen LogP) is 3.23. The number of esters is 1. The van der Waals surface area contributed by atoms with Crippen LogP contribution in [0.5, 0.6) is 11.5 Å². The fraction of sp³-hybridized carbons (Fsp3) is 0.357. The summed E-state index contributed by atoms with van der Waals surface area (Å²) in [6.45, 7) is 4.80. The highest BCUT2D eigenvalue weighted by molar-refractivity contribution is 9.10. The first kappa shape index (κ1) is 13.9. The zero-order valence-electron chi connectivity index (χ0n) is 10.9. The van der Waals surface area contributed by atoms with E-state index in [9.17, 15) is 4.79 Å². The smallest absolute Gasteiger partial charge is 0.333 e. The van der Waals surface area contributed by atoms with E-state index in [0.29, 0.717) is 30.3 Å². The molecule has 1 aromatic rings. The molecule has 102 valence electrons. The molecule has 0 spiro atoms.